The van der Waals surface area contributed by atoms with Crippen LogP contribution < -0.4 is 4.74 Å². The fourth-order valence-corrected chi connectivity index (χ4v) is 1.53. The molecular formula is C15H19NO5. The average Bonchev–Trinajstić information content (AvgIpc) is 2.48. The molecule has 0 unspecified atom stereocenters. The topological polar surface area (TPSA) is 74.2 Å². The van der Waals surface area contributed by atoms with Gasteiger partial charge in [0, 0.05) is 12.3 Å². The predicted molar refractivity (Wildman–Crippen MR) is 77.9 cm³/mol. The summed E-state index contributed by atoms with van der Waals surface area (Å²) in [7, 11) is 1.54. The molecule has 1 aromatic carbocycles. The lowest BCUT2D eigenvalue weighted by atomic mass is 10.1. The van der Waals surface area contributed by atoms with E-state index in [4.69, 9.17) is 14.2 Å². The normalized spacial score (nSPS) is 10.7. The predicted octanol–water partition coefficient (Wildman–Crippen LogP) is 2.14. The summed E-state index contributed by atoms with van der Waals surface area (Å²) in [5.41, 5.74) is 0.563. The first kappa shape index (κ1) is 16.7. The number of rotatable bonds is 7. The molecule has 0 fully saturated rings. The van der Waals surface area contributed by atoms with Crippen LogP contribution in [0.25, 0.3) is 0 Å². The van der Waals surface area contributed by atoms with E-state index in [0.717, 1.165) is 0 Å². The maximum absolute atomic E-state index is 11.8. The molecule has 1 aromatic rings. The van der Waals surface area contributed by atoms with Crippen molar-refractivity contribution in [3.8, 4) is 5.75 Å². The summed E-state index contributed by atoms with van der Waals surface area (Å²) in [5.74, 6) is -1.89. The van der Waals surface area contributed by atoms with Crippen LogP contribution in [-0.4, -0.2) is 38.5 Å². The van der Waals surface area contributed by atoms with E-state index in [1.54, 1.807) is 45.2 Å². The fraction of sp³-hybridized carbons (Fsp3) is 0.400. The smallest absolute Gasteiger partial charge is 0.325 e. The number of hydrogen-bond acceptors (Lipinski definition) is 6. The summed E-state index contributed by atoms with van der Waals surface area (Å²) < 4.78 is 14.8. The molecule has 0 aliphatic carbocycles. The number of nitrogens with zero attached hydrogens (tertiary/aromatic N) is 1. The van der Waals surface area contributed by atoms with Crippen LogP contribution in [0.5, 0.6) is 5.75 Å². The van der Waals surface area contributed by atoms with Gasteiger partial charge in [-0.3, -0.25) is 14.6 Å². The van der Waals surface area contributed by atoms with Gasteiger partial charge in [-0.25, -0.2) is 0 Å². The second kappa shape index (κ2) is 8.73. The number of benzene rings is 1. The molecule has 6 nitrogen and oxygen atoms in total. The van der Waals surface area contributed by atoms with Gasteiger partial charge in [0.15, 0.2) is 5.92 Å². The van der Waals surface area contributed by atoms with Crippen LogP contribution in [0, 0.1) is 5.92 Å². The van der Waals surface area contributed by atoms with E-state index in [2.05, 4.69) is 4.99 Å². The van der Waals surface area contributed by atoms with Crippen LogP contribution >= 0.6 is 0 Å². The van der Waals surface area contributed by atoms with E-state index in [1.165, 1.54) is 6.21 Å². The minimum atomic E-state index is -1.17. The van der Waals surface area contributed by atoms with Crippen molar-refractivity contribution in [2.24, 2.45) is 10.9 Å². The summed E-state index contributed by atoms with van der Waals surface area (Å²) in [6, 6.07) is 6.94. The van der Waals surface area contributed by atoms with E-state index in [0.29, 0.717) is 11.4 Å². The first-order valence-electron chi connectivity index (χ1n) is 6.63. The second-order valence-corrected chi connectivity index (χ2v) is 3.96. The van der Waals surface area contributed by atoms with Crippen LogP contribution in [0.15, 0.2) is 29.3 Å². The Hall–Kier alpha value is -2.37. The monoisotopic (exact) mass is 293 g/mol. The van der Waals surface area contributed by atoms with Crippen LogP contribution in [-0.2, 0) is 19.1 Å². The Kier molecular flexibility index (Phi) is 6.94. The van der Waals surface area contributed by atoms with Gasteiger partial charge in [-0.05, 0) is 26.0 Å². The van der Waals surface area contributed by atoms with Crippen molar-refractivity contribution in [2.75, 3.05) is 20.3 Å². The van der Waals surface area contributed by atoms with E-state index < -0.39 is 17.9 Å². The Morgan fingerprint density at radius 3 is 2.33 bits per heavy atom. The number of aliphatic imine (C=N–C) groups is 1. The molecule has 0 saturated heterocycles. The van der Waals surface area contributed by atoms with E-state index in [9.17, 15) is 9.59 Å². The largest absolute Gasteiger partial charge is 0.497 e. The highest BCUT2D eigenvalue weighted by Gasteiger charge is 2.27. The van der Waals surface area contributed by atoms with Gasteiger partial charge in [-0.1, -0.05) is 6.07 Å². The van der Waals surface area contributed by atoms with Gasteiger partial charge in [0.2, 0.25) is 0 Å². The molecule has 0 amide bonds. The van der Waals surface area contributed by atoms with E-state index in [-0.39, 0.29) is 13.2 Å². The highest BCUT2D eigenvalue weighted by atomic mass is 16.6. The van der Waals surface area contributed by atoms with Crippen molar-refractivity contribution in [1.82, 2.24) is 0 Å². The maximum atomic E-state index is 11.8. The third kappa shape index (κ3) is 5.25. The fourth-order valence-electron chi connectivity index (χ4n) is 1.53. The molecule has 0 aliphatic rings. The summed E-state index contributed by atoms with van der Waals surface area (Å²) >= 11 is 0. The highest BCUT2D eigenvalue weighted by molar-refractivity contribution is 6.09. The zero-order valence-corrected chi connectivity index (χ0v) is 12.4. The van der Waals surface area contributed by atoms with Crippen molar-refractivity contribution in [3.63, 3.8) is 0 Å². The number of hydrogen-bond donors (Lipinski definition) is 0. The molecule has 21 heavy (non-hydrogen) atoms. The molecule has 0 radical (unpaired) electrons. The molecule has 0 aromatic heterocycles. The van der Waals surface area contributed by atoms with Crippen LogP contribution in [0.1, 0.15) is 13.8 Å². The number of esters is 2. The molecule has 0 aliphatic heterocycles. The Bertz CT molecular complexity index is 495. The Morgan fingerprint density at radius 1 is 1.19 bits per heavy atom. The summed E-state index contributed by atoms with van der Waals surface area (Å²) in [6.45, 7) is 3.70. The van der Waals surface area contributed by atoms with Gasteiger partial charge < -0.3 is 14.2 Å². The SMILES string of the molecule is CCOC(=O)C(C=Nc1cccc(OC)c1)C(=O)OCC. The van der Waals surface area contributed by atoms with Gasteiger partial charge in [0.05, 0.1) is 26.0 Å². The van der Waals surface area contributed by atoms with Gasteiger partial charge in [0.1, 0.15) is 5.75 Å². The number of carbonyl (C=O) groups is 2. The average molecular weight is 293 g/mol. The van der Waals surface area contributed by atoms with Gasteiger partial charge in [0.25, 0.3) is 0 Å². The first-order chi connectivity index (χ1) is 10.1. The summed E-state index contributed by atoms with van der Waals surface area (Å²) in [5, 5.41) is 0. The van der Waals surface area contributed by atoms with Crippen LogP contribution in [0.3, 0.4) is 0 Å². The van der Waals surface area contributed by atoms with E-state index >= 15 is 0 Å². The van der Waals surface area contributed by atoms with Crippen molar-refractivity contribution < 1.29 is 23.8 Å². The molecule has 0 N–H and O–H groups in total. The number of methoxy groups -OCH3 is 1. The Labute approximate surface area is 123 Å². The van der Waals surface area contributed by atoms with Gasteiger partial charge in [-0.15, -0.1) is 0 Å². The lowest BCUT2D eigenvalue weighted by Crippen LogP contribution is -2.29. The molecule has 114 valence electrons. The van der Waals surface area contributed by atoms with Crippen LogP contribution in [0.2, 0.25) is 0 Å². The maximum Gasteiger partial charge on any atom is 0.325 e. The molecule has 0 bridgehead atoms. The summed E-state index contributed by atoms with van der Waals surface area (Å²) in [6.07, 6.45) is 1.23. The van der Waals surface area contributed by atoms with Crippen molar-refractivity contribution in [2.45, 2.75) is 13.8 Å². The molecule has 0 saturated carbocycles. The van der Waals surface area contributed by atoms with Gasteiger partial charge in [-0.2, -0.15) is 0 Å². The summed E-state index contributed by atoms with van der Waals surface area (Å²) in [4.78, 5) is 27.6. The van der Waals surface area contributed by atoms with Crippen molar-refractivity contribution >= 4 is 23.8 Å². The standard InChI is InChI=1S/C15H19NO5/c1-4-20-14(17)13(15(18)21-5-2)10-16-11-7-6-8-12(9-11)19-3/h6-10,13H,4-5H2,1-3H3. The van der Waals surface area contributed by atoms with E-state index in [1.807, 2.05) is 0 Å². The molecule has 0 atom stereocenters. The lowest BCUT2D eigenvalue weighted by Gasteiger charge is -2.10. The number of carbonyl (C=O) groups excluding carboxylic acids is 2. The first-order valence-corrected chi connectivity index (χ1v) is 6.63. The lowest BCUT2D eigenvalue weighted by molar-refractivity contribution is -0.157. The quantitative estimate of drug-likeness (QED) is 0.437. The third-order valence-electron chi connectivity index (χ3n) is 2.51. The van der Waals surface area contributed by atoms with Gasteiger partial charge >= 0.3 is 11.9 Å². The minimum absolute atomic E-state index is 0.182. The highest BCUT2D eigenvalue weighted by Crippen LogP contribution is 2.19. The van der Waals surface area contributed by atoms with Crippen molar-refractivity contribution in [1.29, 1.82) is 0 Å². The number of ether oxygens (including phenoxy) is 3. The van der Waals surface area contributed by atoms with Crippen molar-refractivity contribution in [3.05, 3.63) is 24.3 Å². The third-order valence-corrected chi connectivity index (χ3v) is 2.51. The molecule has 6 heteroatoms. The Balaban J connectivity index is 2.90. The molecule has 1 rings (SSSR count). The Morgan fingerprint density at radius 2 is 1.81 bits per heavy atom. The molecular weight excluding hydrogens is 274 g/mol. The molecule has 0 spiro atoms. The zero-order valence-electron chi connectivity index (χ0n) is 12.4. The molecule has 0 heterocycles. The second-order valence-electron chi connectivity index (χ2n) is 3.96. The van der Waals surface area contributed by atoms with Crippen LogP contribution in [0.4, 0.5) is 5.69 Å². The minimum Gasteiger partial charge on any atom is -0.497 e. The zero-order chi connectivity index (χ0) is 15.7.